The molecule has 0 aliphatic rings. The van der Waals surface area contributed by atoms with Crippen molar-refractivity contribution in [2.24, 2.45) is 7.05 Å². The molecule has 1 aromatic rings. The van der Waals surface area contributed by atoms with E-state index < -0.39 is 15.1 Å². The second-order valence-corrected chi connectivity index (χ2v) is 3.07. The molecular weight excluding hydrogens is 194 g/mol. The maximum Gasteiger partial charge on any atom is 0.315 e. The summed E-state index contributed by atoms with van der Waals surface area (Å²) in [5.74, 6) is 0. The van der Waals surface area contributed by atoms with Crippen molar-refractivity contribution in [1.29, 1.82) is 0 Å². The third-order valence-electron chi connectivity index (χ3n) is 0.846. The molecule has 64 valence electrons. The van der Waals surface area contributed by atoms with Gasteiger partial charge in [0.2, 0.25) is 5.03 Å². The number of aryl methyl sites for hydroxylation is 1. The van der Waals surface area contributed by atoms with Crippen LogP contribution in [0.1, 0.15) is 0 Å². The number of hydrogen-bond acceptors (Lipinski definition) is 4. The molecule has 0 fully saturated rings. The lowest BCUT2D eigenvalue weighted by Crippen LogP contribution is -1.97. The Balaban J connectivity index is 0.000001000. The Morgan fingerprint density at radius 2 is 2.18 bits per heavy atom. The van der Waals surface area contributed by atoms with E-state index in [-0.39, 0.29) is 12.4 Å². The van der Waals surface area contributed by atoms with Crippen molar-refractivity contribution in [3.05, 3.63) is 6.20 Å². The van der Waals surface area contributed by atoms with Crippen LogP contribution in [0.25, 0.3) is 0 Å². The highest BCUT2D eigenvalue weighted by atomic mass is 35.5. The largest absolute Gasteiger partial charge is 0.315 e. The summed E-state index contributed by atoms with van der Waals surface area (Å²) in [5, 5.41) is 6.04. The molecule has 6 nitrogen and oxygen atoms in total. The molecule has 0 unspecified atom stereocenters. The zero-order valence-electron chi connectivity index (χ0n) is 5.50. The van der Waals surface area contributed by atoms with Crippen molar-refractivity contribution in [2.45, 2.75) is 5.03 Å². The van der Waals surface area contributed by atoms with E-state index in [0.717, 1.165) is 6.20 Å². The first-order valence-corrected chi connectivity index (χ1v) is 3.78. The SMILES string of the molecule is Cl.Cn1cc(S(=O)(=O)O)nn1. The van der Waals surface area contributed by atoms with Gasteiger partial charge < -0.3 is 0 Å². The molecule has 1 heterocycles. The first-order chi connectivity index (χ1) is 4.50. The van der Waals surface area contributed by atoms with Crippen molar-refractivity contribution in [3.63, 3.8) is 0 Å². The van der Waals surface area contributed by atoms with Crippen LogP contribution in [-0.2, 0) is 17.2 Å². The van der Waals surface area contributed by atoms with E-state index in [9.17, 15) is 8.42 Å². The summed E-state index contributed by atoms with van der Waals surface area (Å²) in [5.41, 5.74) is 0. The van der Waals surface area contributed by atoms with E-state index in [1.54, 1.807) is 0 Å². The number of rotatable bonds is 1. The average molecular weight is 200 g/mol. The van der Waals surface area contributed by atoms with Gasteiger partial charge in [-0.25, -0.2) is 0 Å². The molecule has 0 aliphatic carbocycles. The predicted octanol–water partition coefficient (Wildman–Crippen LogP) is -0.516. The van der Waals surface area contributed by atoms with Gasteiger partial charge in [-0.15, -0.1) is 17.5 Å². The van der Waals surface area contributed by atoms with Crippen LogP contribution >= 0.6 is 12.4 Å². The van der Waals surface area contributed by atoms with Crippen molar-refractivity contribution in [2.75, 3.05) is 0 Å². The fourth-order valence-electron chi connectivity index (χ4n) is 0.444. The lowest BCUT2D eigenvalue weighted by molar-refractivity contribution is 0.479. The standard InChI is InChI=1S/C3H5N3O3S.ClH/c1-6-2-3(4-5-6)10(7,8)9;/h2H,1H3,(H,7,8,9);1H. The molecule has 0 radical (unpaired) electrons. The minimum atomic E-state index is -4.18. The second-order valence-electron chi connectivity index (χ2n) is 1.71. The molecular formula is C3H6ClN3O3S. The van der Waals surface area contributed by atoms with Crippen molar-refractivity contribution in [1.82, 2.24) is 15.0 Å². The van der Waals surface area contributed by atoms with Gasteiger partial charge in [0, 0.05) is 7.05 Å². The average Bonchev–Trinajstić information content (AvgIpc) is 2.11. The first kappa shape index (κ1) is 10.3. The maximum absolute atomic E-state index is 10.3. The van der Waals surface area contributed by atoms with Gasteiger partial charge >= 0.3 is 10.1 Å². The van der Waals surface area contributed by atoms with Crippen LogP contribution in [-0.4, -0.2) is 28.0 Å². The number of nitrogens with zero attached hydrogens (tertiary/aromatic N) is 3. The van der Waals surface area contributed by atoms with Crippen molar-refractivity contribution >= 4 is 22.5 Å². The molecule has 0 atom stereocenters. The Morgan fingerprint density at radius 1 is 1.64 bits per heavy atom. The van der Waals surface area contributed by atoms with Gasteiger partial charge in [0.25, 0.3) is 0 Å². The van der Waals surface area contributed by atoms with Crippen molar-refractivity contribution in [3.8, 4) is 0 Å². The quantitative estimate of drug-likeness (QED) is 0.616. The Labute approximate surface area is 69.4 Å². The molecule has 1 aromatic heterocycles. The Kier molecular flexibility index (Phi) is 2.97. The minimum Gasteiger partial charge on any atom is -0.281 e. The molecule has 0 saturated carbocycles. The molecule has 1 rings (SSSR count). The van der Waals surface area contributed by atoms with Gasteiger partial charge in [-0.2, -0.15) is 8.42 Å². The van der Waals surface area contributed by atoms with Crippen LogP contribution in [0.15, 0.2) is 11.2 Å². The molecule has 0 bridgehead atoms. The number of halogens is 1. The van der Waals surface area contributed by atoms with Crippen LogP contribution in [0, 0.1) is 0 Å². The monoisotopic (exact) mass is 199 g/mol. The van der Waals surface area contributed by atoms with Crippen LogP contribution in [0.5, 0.6) is 0 Å². The topological polar surface area (TPSA) is 85.1 Å². The Bertz CT molecular complexity index is 331. The lowest BCUT2D eigenvalue weighted by Gasteiger charge is -1.83. The smallest absolute Gasteiger partial charge is 0.281 e. The van der Waals surface area contributed by atoms with Gasteiger partial charge in [0.15, 0.2) is 0 Å². The lowest BCUT2D eigenvalue weighted by atomic mass is 10.9. The third kappa shape index (κ3) is 2.45. The molecule has 11 heavy (non-hydrogen) atoms. The second kappa shape index (κ2) is 3.16. The van der Waals surface area contributed by atoms with Crippen LogP contribution in [0.4, 0.5) is 0 Å². The van der Waals surface area contributed by atoms with E-state index in [1.807, 2.05) is 0 Å². The van der Waals surface area contributed by atoms with Gasteiger partial charge in [-0.3, -0.25) is 9.23 Å². The van der Waals surface area contributed by atoms with Crippen LogP contribution in [0.2, 0.25) is 0 Å². The van der Waals surface area contributed by atoms with Crippen molar-refractivity contribution < 1.29 is 13.0 Å². The number of hydrogen-bond donors (Lipinski definition) is 1. The normalized spacial score (nSPS) is 10.7. The molecule has 0 spiro atoms. The summed E-state index contributed by atoms with van der Waals surface area (Å²) in [4.78, 5) is 0. The van der Waals surface area contributed by atoms with E-state index >= 15 is 0 Å². The highest BCUT2D eigenvalue weighted by molar-refractivity contribution is 7.85. The summed E-state index contributed by atoms with van der Waals surface area (Å²) < 4.78 is 30.1. The fraction of sp³-hybridized carbons (Fsp3) is 0.333. The van der Waals surface area contributed by atoms with Gasteiger partial charge in [0.1, 0.15) is 0 Å². The van der Waals surface area contributed by atoms with Crippen LogP contribution < -0.4 is 0 Å². The highest BCUT2D eigenvalue weighted by Crippen LogP contribution is 1.99. The molecule has 0 amide bonds. The summed E-state index contributed by atoms with van der Waals surface area (Å²) >= 11 is 0. The molecule has 1 N–H and O–H groups in total. The highest BCUT2D eigenvalue weighted by Gasteiger charge is 2.12. The van der Waals surface area contributed by atoms with Crippen LogP contribution in [0.3, 0.4) is 0 Å². The summed E-state index contributed by atoms with van der Waals surface area (Å²) in [6.07, 6.45) is 1.11. The maximum atomic E-state index is 10.3. The van der Waals surface area contributed by atoms with Gasteiger partial charge in [-0.05, 0) is 0 Å². The van der Waals surface area contributed by atoms with E-state index in [0.29, 0.717) is 0 Å². The molecule has 8 heteroatoms. The third-order valence-corrected chi connectivity index (χ3v) is 1.56. The Morgan fingerprint density at radius 3 is 2.36 bits per heavy atom. The zero-order chi connectivity index (χ0) is 7.78. The fourth-order valence-corrected chi connectivity index (χ4v) is 0.870. The summed E-state index contributed by atoms with van der Waals surface area (Å²) in [7, 11) is -2.67. The Hall–Kier alpha value is -0.660. The summed E-state index contributed by atoms with van der Waals surface area (Å²) in [6, 6.07) is 0. The van der Waals surface area contributed by atoms with Gasteiger partial charge in [-0.1, -0.05) is 5.21 Å². The predicted molar refractivity (Wildman–Crippen MR) is 38.1 cm³/mol. The number of aromatic nitrogens is 3. The molecule has 0 aromatic carbocycles. The van der Waals surface area contributed by atoms with E-state index in [1.165, 1.54) is 11.7 Å². The first-order valence-electron chi connectivity index (χ1n) is 2.34. The van der Waals surface area contributed by atoms with Gasteiger partial charge in [0.05, 0.1) is 6.20 Å². The molecule has 0 saturated heterocycles. The summed E-state index contributed by atoms with van der Waals surface area (Å²) in [6.45, 7) is 0. The molecule has 0 aliphatic heterocycles. The minimum absolute atomic E-state index is 0. The van der Waals surface area contributed by atoms with E-state index in [2.05, 4.69) is 10.3 Å². The van der Waals surface area contributed by atoms with E-state index in [4.69, 9.17) is 4.55 Å². The zero-order valence-corrected chi connectivity index (χ0v) is 7.13.